The van der Waals surface area contributed by atoms with Crippen molar-refractivity contribution in [3.8, 4) is 0 Å². The van der Waals surface area contributed by atoms with Crippen molar-refractivity contribution in [3.63, 3.8) is 0 Å². The van der Waals surface area contributed by atoms with Gasteiger partial charge in [-0.1, -0.05) is 13.0 Å². The average Bonchev–Trinajstić information content (AvgIpc) is 2.77. The van der Waals surface area contributed by atoms with Crippen molar-refractivity contribution in [1.82, 2.24) is 14.8 Å². The van der Waals surface area contributed by atoms with Gasteiger partial charge in [-0.2, -0.15) is 0 Å². The number of aromatic nitrogens is 1. The largest absolute Gasteiger partial charge is 0.503 e. The first-order chi connectivity index (χ1) is 10.5. The maximum atomic E-state index is 12.4. The number of nitrogens with zero attached hydrogens (tertiary/aromatic N) is 3. The highest BCUT2D eigenvalue weighted by atomic mass is 16.3. The Balaban J connectivity index is 2.43. The Morgan fingerprint density at radius 1 is 1.45 bits per heavy atom. The smallest absolute Gasteiger partial charge is 0.290 e. The van der Waals surface area contributed by atoms with E-state index in [1.54, 1.807) is 25.4 Å². The predicted octanol–water partition coefficient (Wildman–Crippen LogP) is 1.32. The van der Waals surface area contributed by atoms with Crippen molar-refractivity contribution >= 4 is 11.7 Å². The molecule has 0 aromatic carbocycles. The van der Waals surface area contributed by atoms with Gasteiger partial charge in [0.2, 0.25) is 0 Å². The molecule has 0 aliphatic carbocycles. The molecule has 6 heteroatoms. The minimum atomic E-state index is -0.561. The van der Waals surface area contributed by atoms with E-state index >= 15 is 0 Å². The molecule has 0 saturated heterocycles. The lowest BCUT2D eigenvalue weighted by atomic mass is 9.96. The second-order valence-electron chi connectivity index (χ2n) is 5.53. The van der Waals surface area contributed by atoms with E-state index in [0.29, 0.717) is 13.1 Å². The van der Waals surface area contributed by atoms with Crippen LogP contribution in [0.2, 0.25) is 0 Å². The molecular weight excluding hydrogens is 282 g/mol. The molecule has 1 unspecified atom stereocenters. The third kappa shape index (κ3) is 3.01. The summed E-state index contributed by atoms with van der Waals surface area (Å²) in [5.74, 6) is -1.14. The van der Waals surface area contributed by atoms with Gasteiger partial charge in [0, 0.05) is 31.9 Å². The van der Waals surface area contributed by atoms with Crippen molar-refractivity contribution in [2.45, 2.75) is 19.4 Å². The summed E-state index contributed by atoms with van der Waals surface area (Å²) in [6, 6.07) is 3.01. The number of hydrogen-bond donors (Lipinski definition) is 1. The number of hydrogen-bond acceptors (Lipinski definition) is 5. The highest BCUT2D eigenvalue weighted by molar-refractivity contribution is 6.08. The van der Waals surface area contributed by atoms with Gasteiger partial charge in [0.25, 0.3) is 5.91 Å². The van der Waals surface area contributed by atoms with E-state index in [0.717, 1.165) is 5.56 Å². The molecule has 2 heterocycles. The van der Waals surface area contributed by atoms with Crippen molar-refractivity contribution < 1.29 is 14.7 Å². The fraction of sp³-hybridized carbons (Fsp3) is 0.438. The minimum absolute atomic E-state index is 0.180. The summed E-state index contributed by atoms with van der Waals surface area (Å²) in [5, 5.41) is 10.2. The van der Waals surface area contributed by atoms with Gasteiger partial charge in [-0.15, -0.1) is 0 Å². The van der Waals surface area contributed by atoms with Crippen molar-refractivity contribution in [1.29, 1.82) is 0 Å². The summed E-state index contributed by atoms with van der Waals surface area (Å²) in [4.78, 5) is 32.1. The van der Waals surface area contributed by atoms with Gasteiger partial charge in [-0.3, -0.25) is 14.6 Å². The maximum Gasteiger partial charge on any atom is 0.290 e. The lowest BCUT2D eigenvalue weighted by Gasteiger charge is -2.27. The van der Waals surface area contributed by atoms with Crippen LogP contribution >= 0.6 is 0 Å². The fourth-order valence-corrected chi connectivity index (χ4v) is 2.55. The second-order valence-corrected chi connectivity index (χ2v) is 5.53. The number of amides is 1. The van der Waals surface area contributed by atoms with Crippen molar-refractivity contribution in [2.75, 3.05) is 27.2 Å². The number of carbonyl (C=O) groups is 2. The first-order valence-electron chi connectivity index (χ1n) is 7.29. The number of Topliss-reactive ketones (excluding diaryl/α,β-unsaturated/α-hetero) is 1. The predicted molar refractivity (Wildman–Crippen MR) is 82.2 cm³/mol. The van der Waals surface area contributed by atoms with Gasteiger partial charge in [0.05, 0.1) is 11.6 Å². The molecule has 1 aliphatic heterocycles. The molecule has 0 radical (unpaired) electrons. The van der Waals surface area contributed by atoms with E-state index in [-0.39, 0.29) is 17.8 Å². The van der Waals surface area contributed by atoms with E-state index in [2.05, 4.69) is 4.98 Å². The van der Waals surface area contributed by atoms with Gasteiger partial charge >= 0.3 is 0 Å². The van der Waals surface area contributed by atoms with Crippen LogP contribution in [0.15, 0.2) is 35.9 Å². The van der Waals surface area contributed by atoms with Crippen LogP contribution < -0.4 is 0 Å². The van der Waals surface area contributed by atoms with Crippen LogP contribution in [-0.2, 0) is 9.59 Å². The van der Waals surface area contributed by atoms with Crippen molar-refractivity contribution in [2.24, 2.45) is 0 Å². The van der Waals surface area contributed by atoms with Crippen molar-refractivity contribution in [3.05, 3.63) is 41.4 Å². The number of rotatable bonds is 6. The zero-order valence-corrected chi connectivity index (χ0v) is 13.1. The lowest BCUT2D eigenvalue weighted by molar-refractivity contribution is -0.129. The summed E-state index contributed by atoms with van der Waals surface area (Å²) >= 11 is 0. The molecule has 2 rings (SSSR count). The standard InChI is InChI=1S/C16H21N3O3/c1-4-12(20)13-14(11-6-5-7-17-10-11)19(9-8-18(2)3)16(22)15(13)21/h5-7,10,14,21H,4,8-9H2,1-3H3. The fourth-order valence-electron chi connectivity index (χ4n) is 2.55. The third-order valence-electron chi connectivity index (χ3n) is 3.71. The molecule has 22 heavy (non-hydrogen) atoms. The summed E-state index contributed by atoms with van der Waals surface area (Å²) in [6.07, 6.45) is 3.50. The van der Waals surface area contributed by atoms with Gasteiger partial charge < -0.3 is 14.9 Å². The van der Waals surface area contributed by atoms with Crippen LogP contribution in [0.5, 0.6) is 0 Å². The zero-order valence-electron chi connectivity index (χ0n) is 13.1. The van der Waals surface area contributed by atoms with Gasteiger partial charge in [0.15, 0.2) is 11.5 Å². The number of carbonyl (C=O) groups excluding carboxylic acids is 2. The van der Waals surface area contributed by atoms with Crippen LogP contribution in [0, 0.1) is 0 Å². The van der Waals surface area contributed by atoms with E-state index in [1.807, 2.05) is 25.1 Å². The van der Waals surface area contributed by atoms with Crippen LogP contribution in [0.3, 0.4) is 0 Å². The van der Waals surface area contributed by atoms with Gasteiger partial charge in [-0.25, -0.2) is 0 Å². The van der Waals surface area contributed by atoms with E-state index in [4.69, 9.17) is 0 Å². The Hall–Kier alpha value is -2.21. The van der Waals surface area contributed by atoms with Crippen LogP contribution in [0.1, 0.15) is 24.9 Å². The summed E-state index contributed by atoms with van der Waals surface area (Å²) in [7, 11) is 3.82. The number of likely N-dealkylation sites (N-methyl/N-ethyl adjacent to an activating group) is 1. The number of ketones is 1. The molecule has 118 valence electrons. The molecule has 1 atom stereocenters. The highest BCUT2D eigenvalue weighted by Gasteiger charge is 2.42. The highest BCUT2D eigenvalue weighted by Crippen LogP contribution is 2.37. The molecule has 0 spiro atoms. The van der Waals surface area contributed by atoms with Crippen LogP contribution in [0.4, 0.5) is 0 Å². The topological polar surface area (TPSA) is 73.7 Å². The lowest BCUT2D eigenvalue weighted by Crippen LogP contribution is -2.36. The van der Waals surface area contributed by atoms with E-state index in [9.17, 15) is 14.7 Å². The summed E-state index contributed by atoms with van der Waals surface area (Å²) in [5.41, 5.74) is 0.912. The normalized spacial score (nSPS) is 18.5. The number of pyridine rings is 1. The molecule has 0 bridgehead atoms. The summed E-state index contributed by atoms with van der Waals surface area (Å²) in [6.45, 7) is 2.79. The molecule has 1 amide bonds. The van der Waals surface area contributed by atoms with Crippen LogP contribution in [0.25, 0.3) is 0 Å². The van der Waals surface area contributed by atoms with Gasteiger partial charge in [-0.05, 0) is 25.7 Å². The Bertz CT molecular complexity index is 596. The third-order valence-corrected chi connectivity index (χ3v) is 3.71. The average molecular weight is 303 g/mol. The Labute approximate surface area is 130 Å². The Morgan fingerprint density at radius 3 is 2.73 bits per heavy atom. The quantitative estimate of drug-likeness (QED) is 0.858. The Morgan fingerprint density at radius 2 is 2.18 bits per heavy atom. The van der Waals surface area contributed by atoms with Crippen LogP contribution in [-0.4, -0.2) is 58.8 Å². The van der Waals surface area contributed by atoms with Gasteiger partial charge in [0.1, 0.15) is 0 Å². The Kier molecular flexibility index (Phi) is 4.92. The zero-order chi connectivity index (χ0) is 16.3. The SMILES string of the molecule is CCC(=O)C1=C(O)C(=O)N(CCN(C)C)C1c1cccnc1. The first-order valence-corrected chi connectivity index (χ1v) is 7.29. The molecule has 1 aromatic heterocycles. The molecular formula is C16H21N3O3. The molecule has 6 nitrogen and oxygen atoms in total. The minimum Gasteiger partial charge on any atom is -0.503 e. The molecule has 1 aliphatic rings. The number of aliphatic hydroxyl groups is 1. The summed E-state index contributed by atoms with van der Waals surface area (Å²) < 4.78 is 0. The van der Waals surface area contributed by atoms with E-state index in [1.165, 1.54) is 4.90 Å². The monoisotopic (exact) mass is 303 g/mol. The van der Waals surface area contributed by atoms with E-state index < -0.39 is 17.7 Å². The first kappa shape index (κ1) is 16.2. The molecule has 1 aromatic rings. The molecule has 0 fully saturated rings. The second kappa shape index (κ2) is 6.70. The molecule has 1 N–H and O–H groups in total. The molecule has 0 saturated carbocycles. The number of aliphatic hydroxyl groups excluding tert-OH is 1. The maximum absolute atomic E-state index is 12.4.